The Labute approximate surface area is 149 Å². The van der Waals surface area contributed by atoms with Crippen LogP contribution in [0.25, 0.3) is 0 Å². The second kappa shape index (κ2) is 7.28. The molecule has 4 heteroatoms. The van der Waals surface area contributed by atoms with Gasteiger partial charge in [-0.2, -0.15) is 0 Å². The molecule has 2 aromatic carbocycles. The summed E-state index contributed by atoms with van der Waals surface area (Å²) in [6.45, 7) is 8.80. The van der Waals surface area contributed by atoms with Gasteiger partial charge in [0.05, 0.1) is 0 Å². The standard InChI is InChI=1S/C21H26N2O2/c1-21(2,3)18-6-4-5-7-19(18)25-14-20(24)23-11-15-8-9-16-12-22-13-17(16)10-15/h4-10,22H,11-14H2,1-3H3,(H,23,24). The van der Waals surface area contributed by atoms with E-state index in [9.17, 15) is 4.79 Å². The van der Waals surface area contributed by atoms with Gasteiger partial charge in [-0.15, -0.1) is 0 Å². The Morgan fingerprint density at radius 3 is 2.68 bits per heavy atom. The zero-order chi connectivity index (χ0) is 17.9. The normalized spacial score (nSPS) is 13.4. The lowest BCUT2D eigenvalue weighted by atomic mass is 9.86. The predicted octanol–water partition coefficient (Wildman–Crippen LogP) is 3.28. The number of para-hydroxylation sites is 1. The number of benzene rings is 2. The van der Waals surface area contributed by atoms with E-state index in [-0.39, 0.29) is 17.9 Å². The van der Waals surface area contributed by atoms with Gasteiger partial charge in [-0.3, -0.25) is 4.79 Å². The van der Waals surface area contributed by atoms with Crippen molar-refractivity contribution in [2.45, 2.75) is 45.8 Å². The van der Waals surface area contributed by atoms with Gasteiger partial charge in [-0.25, -0.2) is 0 Å². The highest BCUT2D eigenvalue weighted by atomic mass is 16.5. The summed E-state index contributed by atoms with van der Waals surface area (Å²) in [5, 5.41) is 6.26. The molecule has 2 N–H and O–H groups in total. The Morgan fingerprint density at radius 1 is 1.12 bits per heavy atom. The molecule has 1 aliphatic rings. The van der Waals surface area contributed by atoms with Gasteiger partial charge >= 0.3 is 0 Å². The number of hydrogen-bond donors (Lipinski definition) is 2. The minimum Gasteiger partial charge on any atom is -0.483 e. The van der Waals surface area contributed by atoms with Crippen LogP contribution < -0.4 is 15.4 Å². The van der Waals surface area contributed by atoms with Gasteiger partial charge in [0.1, 0.15) is 5.75 Å². The fourth-order valence-electron chi connectivity index (χ4n) is 3.07. The van der Waals surface area contributed by atoms with Crippen LogP contribution in [0.3, 0.4) is 0 Å². The average Bonchev–Trinajstić information content (AvgIpc) is 3.05. The number of carbonyl (C=O) groups excluding carboxylic acids is 1. The minimum atomic E-state index is -0.109. The highest BCUT2D eigenvalue weighted by Crippen LogP contribution is 2.30. The summed E-state index contributed by atoms with van der Waals surface area (Å²) in [6, 6.07) is 14.3. The van der Waals surface area contributed by atoms with E-state index in [0.717, 1.165) is 30.0 Å². The van der Waals surface area contributed by atoms with E-state index in [1.54, 1.807) is 0 Å². The van der Waals surface area contributed by atoms with Crippen molar-refractivity contribution in [3.05, 3.63) is 64.7 Å². The highest BCUT2D eigenvalue weighted by Gasteiger charge is 2.19. The topological polar surface area (TPSA) is 50.4 Å². The van der Waals surface area contributed by atoms with E-state index < -0.39 is 0 Å². The van der Waals surface area contributed by atoms with E-state index in [1.807, 2.05) is 24.3 Å². The first-order valence-corrected chi connectivity index (χ1v) is 8.74. The molecule has 25 heavy (non-hydrogen) atoms. The van der Waals surface area contributed by atoms with Crippen LogP contribution in [-0.4, -0.2) is 12.5 Å². The van der Waals surface area contributed by atoms with Gasteiger partial charge in [-0.05, 0) is 33.7 Å². The molecule has 0 unspecified atom stereocenters. The number of carbonyl (C=O) groups is 1. The molecule has 0 bridgehead atoms. The van der Waals surface area contributed by atoms with Gasteiger partial charge in [-0.1, -0.05) is 57.2 Å². The summed E-state index contributed by atoms with van der Waals surface area (Å²) >= 11 is 0. The summed E-state index contributed by atoms with van der Waals surface area (Å²) in [4.78, 5) is 12.1. The molecule has 1 heterocycles. The number of hydrogen-bond acceptors (Lipinski definition) is 3. The lowest BCUT2D eigenvalue weighted by molar-refractivity contribution is -0.123. The van der Waals surface area contributed by atoms with Crippen LogP contribution in [0.5, 0.6) is 5.75 Å². The monoisotopic (exact) mass is 338 g/mol. The largest absolute Gasteiger partial charge is 0.483 e. The van der Waals surface area contributed by atoms with E-state index >= 15 is 0 Å². The highest BCUT2D eigenvalue weighted by molar-refractivity contribution is 5.77. The summed E-state index contributed by atoms with van der Waals surface area (Å²) in [6.07, 6.45) is 0. The van der Waals surface area contributed by atoms with Crippen molar-refractivity contribution >= 4 is 5.91 Å². The van der Waals surface area contributed by atoms with Crippen molar-refractivity contribution in [3.63, 3.8) is 0 Å². The number of amides is 1. The van der Waals surface area contributed by atoms with Crippen molar-refractivity contribution in [1.29, 1.82) is 0 Å². The quantitative estimate of drug-likeness (QED) is 0.880. The van der Waals surface area contributed by atoms with E-state index in [1.165, 1.54) is 11.1 Å². The Kier molecular flexibility index (Phi) is 5.09. The van der Waals surface area contributed by atoms with Crippen LogP contribution in [0, 0.1) is 0 Å². The summed E-state index contributed by atoms with van der Waals surface area (Å²) in [5.74, 6) is 0.663. The van der Waals surface area contributed by atoms with E-state index in [4.69, 9.17) is 4.74 Å². The predicted molar refractivity (Wildman–Crippen MR) is 99.5 cm³/mol. The third kappa shape index (κ3) is 4.40. The molecule has 0 spiro atoms. The Bertz CT molecular complexity index is 763. The molecule has 2 aromatic rings. The van der Waals surface area contributed by atoms with Gasteiger partial charge in [0.25, 0.3) is 5.91 Å². The molecule has 0 aliphatic carbocycles. The van der Waals surface area contributed by atoms with Gasteiger partial charge in [0.15, 0.2) is 6.61 Å². The molecule has 0 aromatic heterocycles. The molecular weight excluding hydrogens is 312 g/mol. The molecule has 0 fully saturated rings. The molecule has 4 nitrogen and oxygen atoms in total. The maximum atomic E-state index is 12.1. The average molecular weight is 338 g/mol. The number of nitrogens with one attached hydrogen (secondary N) is 2. The number of fused-ring (bicyclic) bond motifs is 1. The Hall–Kier alpha value is -2.33. The number of rotatable bonds is 5. The molecule has 0 saturated heterocycles. The van der Waals surface area contributed by atoms with Gasteiger partial charge in [0, 0.05) is 19.6 Å². The summed E-state index contributed by atoms with van der Waals surface area (Å²) in [7, 11) is 0. The third-order valence-electron chi connectivity index (χ3n) is 4.45. The first-order valence-electron chi connectivity index (χ1n) is 8.74. The van der Waals surface area contributed by atoms with Crippen LogP contribution in [0.2, 0.25) is 0 Å². The molecule has 1 amide bonds. The molecule has 1 aliphatic heterocycles. The zero-order valence-corrected chi connectivity index (χ0v) is 15.2. The second-order valence-corrected chi connectivity index (χ2v) is 7.52. The van der Waals surface area contributed by atoms with Crippen molar-refractivity contribution in [2.24, 2.45) is 0 Å². The van der Waals surface area contributed by atoms with E-state index in [2.05, 4.69) is 49.6 Å². The zero-order valence-electron chi connectivity index (χ0n) is 15.2. The SMILES string of the molecule is CC(C)(C)c1ccccc1OCC(=O)NCc1ccc2c(c1)CNC2. The van der Waals surface area contributed by atoms with Crippen molar-refractivity contribution in [3.8, 4) is 5.75 Å². The fraction of sp³-hybridized carbons (Fsp3) is 0.381. The molecule has 0 atom stereocenters. The van der Waals surface area contributed by atoms with Crippen LogP contribution in [0.15, 0.2) is 42.5 Å². The molecule has 3 rings (SSSR count). The first-order chi connectivity index (χ1) is 11.9. The smallest absolute Gasteiger partial charge is 0.258 e. The lowest BCUT2D eigenvalue weighted by Crippen LogP contribution is -2.29. The van der Waals surface area contributed by atoms with Gasteiger partial charge < -0.3 is 15.4 Å². The third-order valence-corrected chi connectivity index (χ3v) is 4.45. The lowest BCUT2D eigenvalue weighted by Gasteiger charge is -2.22. The van der Waals surface area contributed by atoms with Gasteiger partial charge in [0.2, 0.25) is 0 Å². The molecule has 0 saturated carbocycles. The fourth-order valence-corrected chi connectivity index (χ4v) is 3.07. The van der Waals surface area contributed by atoms with Crippen LogP contribution >= 0.6 is 0 Å². The maximum absolute atomic E-state index is 12.1. The Balaban J connectivity index is 1.54. The minimum absolute atomic E-state index is 0.0223. The van der Waals surface area contributed by atoms with Crippen molar-refractivity contribution in [1.82, 2.24) is 10.6 Å². The first kappa shape index (κ1) is 17.5. The summed E-state index contributed by atoms with van der Waals surface area (Å²) < 4.78 is 5.77. The van der Waals surface area contributed by atoms with Crippen LogP contribution in [0.4, 0.5) is 0 Å². The Morgan fingerprint density at radius 2 is 1.88 bits per heavy atom. The molecule has 132 valence electrons. The van der Waals surface area contributed by atoms with Crippen molar-refractivity contribution in [2.75, 3.05) is 6.61 Å². The second-order valence-electron chi connectivity index (χ2n) is 7.52. The molecule has 0 radical (unpaired) electrons. The van der Waals surface area contributed by atoms with Crippen molar-refractivity contribution < 1.29 is 9.53 Å². The van der Waals surface area contributed by atoms with Crippen LogP contribution in [-0.2, 0) is 29.8 Å². The van der Waals surface area contributed by atoms with E-state index in [0.29, 0.717) is 6.54 Å². The van der Waals surface area contributed by atoms with Crippen LogP contribution in [0.1, 0.15) is 43.0 Å². The maximum Gasteiger partial charge on any atom is 0.258 e. The summed E-state index contributed by atoms with van der Waals surface area (Å²) in [5.41, 5.74) is 4.87. The number of ether oxygens (including phenoxy) is 1. The molecular formula is C21H26N2O2.